The van der Waals surface area contributed by atoms with E-state index >= 15 is 0 Å². The number of hydrogen-bond donors (Lipinski definition) is 8. The molecule has 0 unspecified atom stereocenters. The van der Waals surface area contributed by atoms with Gasteiger partial charge < -0.3 is 41.5 Å². The van der Waals surface area contributed by atoms with Crippen LogP contribution in [0.1, 0.15) is 13.8 Å². The van der Waals surface area contributed by atoms with Gasteiger partial charge in [0.2, 0.25) is 0 Å². The van der Waals surface area contributed by atoms with Crippen LogP contribution in [0.3, 0.4) is 0 Å². The molecule has 0 rings (SSSR count). The molecule has 0 aromatic carbocycles. The minimum atomic E-state index is -1.23. The van der Waals surface area contributed by atoms with Crippen molar-refractivity contribution in [2.45, 2.75) is 13.8 Å². The predicted octanol–water partition coefficient (Wildman–Crippen LogP) is -6.29. The first-order chi connectivity index (χ1) is 14.3. The maximum absolute atomic E-state index is 10.6. The molecule has 194 valence electrons. The Morgan fingerprint density at radius 2 is 0.667 bits per heavy atom. The molecular formula is C16H38N3Na5O12. The minimum absolute atomic E-state index is 0. The standard InChI is InChI=1S/C10H16N2O8.C2H5NO2.2C2H6O.5Na.5H/c13-7(14)3-11(4-8(15)16)1-2-12(5-9(17)18)6-10(19)20;3-1-2(4)5;2*1-2-3;;;;;;;;;;/h1-6H2,(H,13,14)(H,15,16)(H,17,18)(H,19,20);1,3H2,(H,4,5);2*3H,2H2,1H3;;;;;;;;;;. The van der Waals surface area contributed by atoms with Gasteiger partial charge in [0.25, 0.3) is 0 Å². The van der Waals surface area contributed by atoms with E-state index in [0.717, 1.165) is 9.80 Å². The van der Waals surface area contributed by atoms with Crippen LogP contribution in [0.2, 0.25) is 0 Å². The molecule has 20 heteroatoms. The Morgan fingerprint density at radius 1 is 0.528 bits per heavy atom. The van der Waals surface area contributed by atoms with Gasteiger partial charge in [0.1, 0.15) is 0 Å². The second-order valence-electron chi connectivity index (χ2n) is 5.23. The molecule has 0 atom stereocenters. The summed E-state index contributed by atoms with van der Waals surface area (Å²) in [4.78, 5) is 53.6. The van der Waals surface area contributed by atoms with Gasteiger partial charge in [-0.1, -0.05) is 0 Å². The zero-order chi connectivity index (χ0) is 25.4. The van der Waals surface area contributed by atoms with Crippen LogP contribution in [0.25, 0.3) is 0 Å². The number of hydrogen-bond acceptors (Lipinski definition) is 10. The number of nitrogens with two attached hydrogens (primary N) is 1. The van der Waals surface area contributed by atoms with Crippen LogP contribution in [0, 0.1) is 0 Å². The van der Waals surface area contributed by atoms with E-state index < -0.39 is 56.0 Å². The van der Waals surface area contributed by atoms with Gasteiger partial charge in [-0.15, -0.1) is 0 Å². The van der Waals surface area contributed by atoms with Crippen LogP contribution in [0.4, 0.5) is 0 Å². The van der Waals surface area contributed by atoms with Gasteiger partial charge >= 0.3 is 178 Å². The fourth-order valence-corrected chi connectivity index (χ4v) is 1.48. The summed E-state index contributed by atoms with van der Waals surface area (Å²) in [5.41, 5.74) is 4.57. The number of carboxylic acids is 5. The third kappa shape index (κ3) is 70.6. The van der Waals surface area contributed by atoms with Crippen molar-refractivity contribution < 1.29 is 59.7 Å². The van der Waals surface area contributed by atoms with Crippen molar-refractivity contribution in [2.75, 3.05) is 59.0 Å². The van der Waals surface area contributed by atoms with E-state index in [1.807, 2.05) is 0 Å². The molecule has 36 heavy (non-hydrogen) atoms. The molecule has 15 nitrogen and oxygen atoms in total. The van der Waals surface area contributed by atoms with Crippen molar-refractivity contribution in [3.63, 3.8) is 0 Å². The second kappa shape index (κ2) is 47.0. The molecule has 0 aliphatic heterocycles. The first kappa shape index (κ1) is 62.0. The molecule has 0 heterocycles. The number of carboxylic acid groups (broad SMARTS) is 5. The molecule has 0 amide bonds. The summed E-state index contributed by atoms with van der Waals surface area (Å²) in [6, 6.07) is 0. The predicted molar refractivity (Wildman–Crippen MR) is 141 cm³/mol. The van der Waals surface area contributed by atoms with Crippen molar-refractivity contribution in [1.82, 2.24) is 9.80 Å². The summed E-state index contributed by atoms with van der Waals surface area (Å²) in [6.07, 6.45) is 0. The molecule has 0 saturated heterocycles. The van der Waals surface area contributed by atoms with Gasteiger partial charge in [-0.25, -0.2) is 0 Å². The Kier molecular flexibility index (Phi) is 80.8. The summed E-state index contributed by atoms with van der Waals surface area (Å²) in [6.45, 7) is 1.33. The van der Waals surface area contributed by atoms with E-state index in [2.05, 4.69) is 5.73 Å². The molecule has 0 saturated carbocycles. The third-order valence-electron chi connectivity index (χ3n) is 2.34. The monoisotopic (exact) mass is 579 g/mol. The topological polar surface area (TPSA) is 259 Å². The van der Waals surface area contributed by atoms with E-state index in [9.17, 15) is 24.0 Å². The van der Waals surface area contributed by atoms with Crippen LogP contribution < -0.4 is 5.73 Å². The van der Waals surface area contributed by atoms with Crippen LogP contribution in [-0.2, 0) is 24.0 Å². The quantitative estimate of drug-likeness (QED) is 0.100. The number of carbonyl (C=O) groups is 5. The van der Waals surface area contributed by atoms with Crippen LogP contribution in [0.5, 0.6) is 0 Å². The molecular weight excluding hydrogens is 541 g/mol. The molecule has 0 aromatic heterocycles. The van der Waals surface area contributed by atoms with Crippen LogP contribution in [0.15, 0.2) is 0 Å². The number of aliphatic hydroxyl groups excluding tert-OH is 2. The number of aliphatic hydroxyl groups is 2. The van der Waals surface area contributed by atoms with Gasteiger partial charge in [0.15, 0.2) is 0 Å². The zero-order valence-electron chi connectivity index (χ0n) is 17.5. The van der Waals surface area contributed by atoms with Gasteiger partial charge in [-0.05, 0) is 13.8 Å². The Morgan fingerprint density at radius 3 is 0.750 bits per heavy atom. The molecule has 0 aliphatic carbocycles. The van der Waals surface area contributed by atoms with E-state index in [-0.39, 0.29) is 181 Å². The van der Waals surface area contributed by atoms with Gasteiger partial charge in [0.05, 0.1) is 32.7 Å². The average Bonchev–Trinajstić information content (AvgIpc) is 2.59. The van der Waals surface area contributed by atoms with Crippen molar-refractivity contribution in [3.8, 4) is 0 Å². The van der Waals surface area contributed by atoms with Crippen molar-refractivity contribution >= 4 is 178 Å². The van der Waals surface area contributed by atoms with E-state index in [1.165, 1.54) is 0 Å². The van der Waals surface area contributed by atoms with Crippen molar-refractivity contribution in [2.24, 2.45) is 5.73 Å². The number of aliphatic carboxylic acids is 5. The average molecular weight is 579 g/mol. The van der Waals surface area contributed by atoms with E-state index in [1.54, 1.807) is 13.8 Å². The van der Waals surface area contributed by atoms with E-state index in [0.29, 0.717) is 0 Å². The summed E-state index contributed by atoms with van der Waals surface area (Å²) in [5.74, 6) is -5.88. The summed E-state index contributed by atoms with van der Waals surface area (Å²) >= 11 is 0. The molecule has 9 N–H and O–H groups in total. The van der Waals surface area contributed by atoms with Crippen LogP contribution in [-0.4, -0.2) is 282 Å². The molecule has 0 aromatic rings. The van der Waals surface area contributed by atoms with Gasteiger partial charge in [-0.3, -0.25) is 33.8 Å². The Hall–Kier alpha value is 2.15. The normalized spacial score (nSPS) is 7.97. The SMILES string of the molecule is CCO.CCO.NCC(=O)O.O=C(O)CN(CCN(CC(=O)O)CC(=O)O)CC(=O)O.[NaH].[NaH].[NaH].[NaH].[NaH]. The first-order valence-electron chi connectivity index (χ1n) is 8.76. The summed E-state index contributed by atoms with van der Waals surface area (Å²) in [5, 5.41) is 57.2. The fourth-order valence-electron chi connectivity index (χ4n) is 1.48. The number of nitrogens with zero attached hydrogens (tertiary/aromatic N) is 2. The number of rotatable bonds is 12. The summed E-state index contributed by atoms with van der Waals surface area (Å²) in [7, 11) is 0. The zero-order valence-corrected chi connectivity index (χ0v) is 17.5. The first-order valence-corrected chi connectivity index (χ1v) is 8.76. The second-order valence-corrected chi connectivity index (χ2v) is 5.23. The summed E-state index contributed by atoms with van der Waals surface area (Å²) < 4.78 is 0. The Balaban J connectivity index is -0.0000000555. The Labute approximate surface area is 321 Å². The molecule has 0 radical (unpaired) electrons. The van der Waals surface area contributed by atoms with E-state index in [4.69, 9.17) is 35.7 Å². The Bertz CT molecular complexity index is 467. The maximum atomic E-state index is 10.6. The van der Waals surface area contributed by atoms with Gasteiger partial charge in [-0.2, -0.15) is 0 Å². The van der Waals surface area contributed by atoms with Crippen molar-refractivity contribution in [1.29, 1.82) is 0 Å². The molecule has 0 fully saturated rings. The van der Waals surface area contributed by atoms with Gasteiger partial charge in [0, 0.05) is 26.3 Å². The molecule has 0 spiro atoms. The van der Waals surface area contributed by atoms with Crippen LogP contribution >= 0.6 is 0 Å². The molecule has 0 bridgehead atoms. The molecule has 0 aliphatic rings. The third-order valence-corrected chi connectivity index (χ3v) is 2.34. The van der Waals surface area contributed by atoms with Crippen molar-refractivity contribution in [3.05, 3.63) is 0 Å². The fraction of sp³-hybridized carbons (Fsp3) is 0.688.